The Hall–Kier alpha value is -0.850. The molecule has 100 valence electrons. The number of hydrogen-bond donors (Lipinski definition) is 0. The second-order valence-corrected chi connectivity index (χ2v) is 6.93. The molecule has 0 amide bonds. The normalized spacial score (nSPS) is 15.1. The van der Waals surface area contributed by atoms with Crippen LogP contribution in [0.2, 0.25) is 0 Å². The Kier molecular flexibility index (Phi) is 4.20. The monoisotopic (exact) mass is 310 g/mol. The van der Waals surface area contributed by atoms with Crippen LogP contribution in [-0.4, -0.2) is 27.3 Å². The smallest absolute Gasteiger partial charge is 0.236 e. The molecule has 0 atom stereocenters. The molecule has 3 rings (SSSR count). The maximum absolute atomic E-state index is 5.50. The van der Waals surface area contributed by atoms with Crippen LogP contribution in [0.25, 0.3) is 10.8 Å². The summed E-state index contributed by atoms with van der Waals surface area (Å²) in [5.74, 6) is 1.49. The Morgan fingerprint density at radius 3 is 3.05 bits per heavy atom. The van der Waals surface area contributed by atoms with Crippen LogP contribution in [0.3, 0.4) is 0 Å². The van der Waals surface area contributed by atoms with Crippen molar-refractivity contribution in [3.05, 3.63) is 29.5 Å². The lowest BCUT2D eigenvalue weighted by molar-refractivity contribution is 0.539. The first-order valence-electron chi connectivity index (χ1n) is 6.23. The average molecular weight is 310 g/mol. The number of oxazole rings is 1. The largest absolute Gasteiger partial charge is 0.444 e. The summed E-state index contributed by atoms with van der Waals surface area (Å²) in [4.78, 5) is 7.84. The molecule has 2 aromatic rings. The van der Waals surface area contributed by atoms with Crippen LogP contribution in [0.4, 0.5) is 0 Å². The number of nitrogens with zero attached hydrogens (tertiary/aromatic N) is 2. The molecule has 0 N–H and O–H groups in total. The van der Waals surface area contributed by atoms with Gasteiger partial charge in [-0.15, -0.1) is 11.3 Å². The molecule has 6 heteroatoms. The van der Waals surface area contributed by atoms with E-state index in [9.17, 15) is 0 Å². The van der Waals surface area contributed by atoms with Crippen molar-refractivity contribution in [2.45, 2.75) is 18.6 Å². The van der Waals surface area contributed by atoms with E-state index in [0.29, 0.717) is 5.89 Å². The fourth-order valence-corrected chi connectivity index (χ4v) is 3.80. The van der Waals surface area contributed by atoms with Gasteiger partial charge in [0.05, 0.1) is 10.6 Å². The molecule has 0 unspecified atom stereocenters. The van der Waals surface area contributed by atoms with Gasteiger partial charge in [0.25, 0.3) is 0 Å². The number of aromatic nitrogens is 1. The second-order valence-electron chi connectivity index (χ2n) is 4.37. The van der Waals surface area contributed by atoms with E-state index in [1.807, 2.05) is 17.5 Å². The number of thiophene rings is 1. The fourth-order valence-electron chi connectivity index (χ4n) is 2.01. The highest BCUT2D eigenvalue weighted by atomic mass is 32.2. The first-order valence-corrected chi connectivity index (χ1v) is 8.50. The lowest BCUT2D eigenvalue weighted by atomic mass is 10.4. The summed E-state index contributed by atoms with van der Waals surface area (Å²) in [5, 5.41) is 2.02. The minimum Gasteiger partial charge on any atom is -0.444 e. The third-order valence-electron chi connectivity index (χ3n) is 2.99. The van der Waals surface area contributed by atoms with E-state index >= 15 is 0 Å². The molecule has 2 aromatic heterocycles. The zero-order chi connectivity index (χ0) is 13.1. The Labute approximate surface area is 126 Å². The van der Waals surface area contributed by atoms with Gasteiger partial charge in [0, 0.05) is 18.8 Å². The summed E-state index contributed by atoms with van der Waals surface area (Å²) in [5.41, 5.74) is 0.954. The number of thioether (sulfide) groups is 1. The molecule has 0 aliphatic carbocycles. The highest BCUT2D eigenvalue weighted by molar-refractivity contribution is 8.22. The minimum atomic E-state index is 0.706. The molecule has 1 aliphatic rings. The molecule has 0 saturated carbocycles. The summed E-state index contributed by atoms with van der Waals surface area (Å²) >= 11 is 8.74. The zero-order valence-corrected chi connectivity index (χ0v) is 12.8. The van der Waals surface area contributed by atoms with E-state index in [2.05, 4.69) is 9.88 Å². The van der Waals surface area contributed by atoms with Gasteiger partial charge in [-0.2, -0.15) is 0 Å². The first-order chi connectivity index (χ1) is 9.33. The van der Waals surface area contributed by atoms with Gasteiger partial charge in [-0.25, -0.2) is 4.98 Å². The third-order valence-corrected chi connectivity index (χ3v) is 5.41. The van der Waals surface area contributed by atoms with E-state index < -0.39 is 0 Å². The van der Waals surface area contributed by atoms with Crippen LogP contribution in [0.5, 0.6) is 0 Å². The van der Waals surface area contributed by atoms with Crippen molar-refractivity contribution in [1.82, 2.24) is 9.88 Å². The van der Waals surface area contributed by atoms with E-state index in [4.69, 9.17) is 16.6 Å². The average Bonchev–Trinajstić information content (AvgIpc) is 3.14. The lowest BCUT2D eigenvalue weighted by Gasteiger charge is -2.16. The third kappa shape index (κ3) is 3.19. The van der Waals surface area contributed by atoms with E-state index in [0.717, 1.165) is 33.7 Å². The van der Waals surface area contributed by atoms with Crippen LogP contribution in [0, 0.1) is 0 Å². The number of likely N-dealkylation sites (tertiary alicyclic amines) is 1. The Balaban J connectivity index is 1.57. The molecule has 0 bridgehead atoms. The summed E-state index contributed by atoms with van der Waals surface area (Å²) in [6, 6.07) is 4.02. The predicted molar refractivity (Wildman–Crippen MR) is 84.5 cm³/mol. The maximum atomic E-state index is 5.50. The van der Waals surface area contributed by atoms with E-state index in [-0.39, 0.29) is 0 Å². The van der Waals surface area contributed by atoms with Crippen molar-refractivity contribution < 1.29 is 4.42 Å². The summed E-state index contributed by atoms with van der Waals surface area (Å²) in [6.45, 7) is 2.20. The summed E-state index contributed by atoms with van der Waals surface area (Å²) in [6.07, 6.45) is 4.25. The van der Waals surface area contributed by atoms with Crippen molar-refractivity contribution >= 4 is 39.6 Å². The molecule has 3 nitrogen and oxygen atoms in total. The van der Waals surface area contributed by atoms with Gasteiger partial charge in [0.2, 0.25) is 5.89 Å². The molecule has 1 fully saturated rings. The Morgan fingerprint density at radius 2 is 2.32 bits per heavy atom. The standard InChI is InChI=1S/C13H14N2OS3/c17-13(15-5-1-2-6-15)19-9-10-8-16-12(14-10)11-4-3-7-18-11/h3-4,7-8H,1-2,5-6,9H2. The molecular formula is C13H14N2OS3. The van der Waals surface area contributed by atoms with Crippen molar-refractivity contribution in [2.75, 3.05) is 13.1 Å². The fraction of sp³-hybridized carbons (Fsp3) is 0.385. The molecular weight excluding hydrogens is 296 g/mol. The highest BCUT2D eigenvalue weighted by Gasteiger charge is 2.16. The molecule has 0 aromatic carbocycles. The Bertz CT molecular complexity index is 544. The number of rotatable bonds is 3. The zero-order valence-electron chi connectivity index (χ0n) is 10.4. The molecule has 1 aliphatic heterocycles. The van der Waals surface area contributed by atoms with Crippen molar-refractivity contribution in [1.29, 1.82) is 0 Å². The number of hydrogen-bond acceptors (Lipinski definition) is 5. The van der Waals surface area contributed by atoms with E-state index in [1.165, 1.54) is 12.8 Å². The topological polar surface area (TPSA) is 29.3 Å². The van der Waals surface area contributed by atoms with Crippen LogP contribution in [0.15, 0.2) is 28.2 Å². The minimum absolute atomic E-state index is 0.706. The predicted octanol–water partition coefficient (Wildman–Crippen LogP) is 4.02. The molecule has 0 radical (unpaired) electrons. The van der Waals surface area contributed by atoms with Gasteiger partial charge in [-0.3, -0.25) is 0 Å². The second kappa shape index (κ2) is 6.07. The lowest BCUT2D eigenvalue weighted by Crippen LogP contribution is -2.23. The van der Waals surface area contributed by atoms with Gasteiger partial charge in [-0.05, 0) is 24.3 Å². The molecule has 1 saturated heterocycles. The highest BCUT2D eigenvalue weighted by Crippen LogP contribution is 2.26. The van der Waals surface area contributed by atoms with Crippen molar-refractivity contribution in [3.8, 4) is 10.8 Å². The van der Waals surface area contributed by atoms with Crippen LogP contribution >= 0.6 is 35.3 Å². The summed E-state index contributed by atoms with van der Waals surface area (Å²) < 4.78 is 6.48. The van der Waals surface area contributed by atoms with Gasteiger partial charge < -0.3 is 9.32 Å². The van der Waals surface area contributed by atoms with Gasteiger partial charge in [0.1, 0.15) is 10.6 Å². The quantitative estimate of drug-likeness (QED) is 0.799. The van der Waals surface area contributed by atoms with Crippen LogP contribution in [-0.2, 0) is 5.75 Å². The molecule has 3 heterocycles. The van der Waals surface area contributed by atoms with Gasteiger partial charge in [0.15, 0.2) is 0 Å². The van der Waals surface area contributed by atoms with E-state index in [1.54, 1.807) is 29.4 Å². The van der Waals surface area contributed by atoms with Crippen LogP contribution in [0.1, 0.15) is 18.5 Å². The van der Waals surface area contributed by atoms with Crippen molar-refractivity contribution in [3.63, 3.8) is 0 Å². The van der Waals surface area contributed by atoms with Crippen LogP contribution < -0.4 is 0 Å². The van der Waals surface area contributed by atoms with Crippen molar-refractivity contribution in [2.24, 2.45) is 0 Å². The Morgan fingerprint density at radius 1 is 1.47 bits per heavy atom. The first kappa shape index (κ1) is 13.1. The summed E-state index contributed by atoms with van der Waals surface area (Å²) in [7, 11) is 0. The molecule has 0 spiro atoms. The van der Waals surface area contributed by atoms with Gasteiger partial charge in [-0.1, -0.05) is 30.0 Å². The van der Waals surface area contributed by atoms with Gasteiger partial charge >= 0.3 is 0 Å². The SMILES string of the molecule is S=C(SCc1coc(-c2cccs2)n1)N1CCCC1. The molecule has 19 heavy (non-hydrogen) atoms. The number of thiocarbonyl (C=S) groups is 1. The maximum Gasteiger partial charge on any atom is 0.236 e.